The number of benzene rings is 3. The number of rotatable bonds is 6. The van der Waals surface area contributed by atoms with Crippen LogP contribution in [0.15, 0.2) is 60.7 Å². The summed E-state index contributed by atoms with van der Waals surface area (Å²) in [4.78, 5) is 41.4. The van der Waals surface area contributed by atoms with Gasteiger partial charge in [0.1, 0.15) is 11.4 Å². The summed E-state index contributed by atoms with van der Waals surface area (Å²) in [5.74, 6) is -1.87. The van der Waals surface area contributed by atoms with Gasteiger partial charge >= 0.3 is 12.2 Å². The van der Waals surface area contributed by atoms with Gasteiger partial charge in [0.15, 0.2) is 0 Å². The van der Waals surface area contributed by atoms with Gasteiger partial charge in [-0.25, -0.2) is 14.1 Å². The van der Waals surface area contributed by atoms with Crippen molar-refractivity contribution in [2.75, 3.05) is 15.1 Å². The lowest BCUT2D eigenvalue weighted by molar-refractivity contribution is -0.137. The number of nitrogens with one attached hydrogen (secondary N) is 1. The Morgan fingerprint density at radius 1 is 1.07 bits per heavy atom. The van der Waals surface area contributed by atoms with E-state index >= 15 is 0 Å². The summed E-state index contributed by atoms with van der Waals surface area (Å²) in [5, 5.41) is 11.6. The molecule has 4 rings (SSSR count). The van der Waals surface area contributed by atoms with Gasteiger partial charge in [-0.3, -0.25) is 12.7 Å². The molecule has 1 fully saturated rings. The Hall–Kier alpha value is -4.19. The highest BCUT2D eigenvalue weighted by atomic mass is 127. The SMILES string of the molecule is CNC(=O)c1cc(F)ccc1N(I)c1ccccc1CN1C(=O)N(c2ccc(C#N)c(C(F)(F)F)c2)C(=O)C1(C)C. The van der Waals surface area contributed by atoms with E-state index < -0.39 is 46.5 Å². The summed E-state index contributed by atoms with van der Waals surface area (Å²) >= 11 is 1.94. The lowest BCUT2D eigenvalue weighted by atomic mass is 10.0. The molecule has 0 saturated carbocycles. The Morgan fingerprint density at radius 3 is 2.39 bits per heavy atom. The van der Waals surface area contributed by atoms with E-state index in [0.29, 0.717) is 27.9 Å². The molecule has 1 aliphatic heterocycles. The highest BCUT2D eigenvalue weighted by Crippen LogP contribution is 2.40. The van der Waals surface area contributed by atoms with Crippen LogP contribution in [-0.2, 0) is 17.5 Å². The number of carbonyl (C=O) groups is 3. The number of hydrogen-bond donors (Lipinski definition) is 1. The van der Waals surface area contributed by atoms with Crippen molar-refractivity contribution in [3.8, 4) is 6.07 Å². The summed E-state index contributed by atoms with van der Waals surface area (Å²) in [6.45, 7) is 2.84. The topological polar surface area (TPSA) is 96.8 Å². The van der Waals surface area contributed by atoms with Gasteiger partial charge in [0.2, 0.25) is 0 Å². The molecule has 1 heterocycles. The zero-order chi connectivity index (χ0) is 30.3. The number of anilines is 3. The molecule has 41 heavy (non-hydrogen) atoms. The van der Waals surface area contributed by atoms with Gasteiger partial charge in [-0.1, -0.05) is 18.2 Å². The van der Waals surface area contributed by atoms with Crippen LogP contribution in [0.5, 0.6) is 0 Å². The van der Waals surface area contributed by atoms with Crippen molar-refractivity contribution in [1.29, 1.82) is 5.26 Å². The van der Waals surface area contributed by atoms with E-state index in [2.05, 4.69) is 5.32 Å². The maximum atomic E-state index is 14.0. The van der Waals surface area contributed by atoms with E-state index in [1.54, 1.807) is 27.4 Å². The third-order valence-electron chi connectivity index (χ3n) is 6.68. The number of para-hydroxylation sites is 1. The van der Waals surface area contributed by atoms with Crippen molar-refractivity contribution in [3.05, 3.63) is 88.7 Å². The maximum Gasteiger partial charge on any atom is 0.417 e. The van der Waals surface area contributed by atoms with Gasteiger partial charge in [0, 0.05) is 7.05 Å². The first-order valence-electron chi connectivity index (χ1n) is 12.0. The van der Waals surface area contributed by atoms with Crippen LogP contribution < -0.4 is 13.3 Å². The average molecular weight is 679 g/mol. The maximum absolute atomic E-state index is 14.0. The van der Waals surface area contributed by atoms with E-state index in [9.17, 15) is 31.9 Å². The second-order valence-electron chi connectivity index (χ2n) is 9.56. The van der Waals surface area contributed by atoms with Crippen molar-refractivity contribution in [1.82, 2.24) is 10.2 Å². The molecule has 3 aromatic rings. The molecule has 1 saturated heterocycles. The van der Waals surface area contributed by atoms with E-state index in [4.69, 9.17) is 5.26 Å². The number of carbonyl (C=O) groups excluding carboxylic acids is 3. The zero-order valence-electron chi connectivity index (χ0n) is 21.9. The summed E-state index contributed by atoms with van der Waals surface area (Å²) in [5.41, 5.74) is -2.16. The summed E-state index contributed by atoms with van der Waals surface area (Å²) < 4.78 is 56.4. The van der Waals surface area contributed by atoms with Crippen LogP contribution in [0.1, 0.15) is 40.9 Å². The minimum absolute atomic E-state index is 0.0666. The quantitative estimate of drug-likeness (QED) is 0.143. The Kier molecular flexibility index (Phi) is 7.99. The molecule has 0 aromatic heterocycles. The smallest absolute Gasteiger partial charge is 0.355 e. The van der Waals surface area contributed by atoms with E-state index in [1.165, 1.54) is 44.0 Å². The molecule has 0 aliphatic carbocycles. The van der Waals surface area contributed by atoms with Crippen LogP contribution in [0.25, 0.3) is 0 Å². The molecule has 13 heteroatoms. The van der Waals surface area contributed by atoms with Crippen LogP contribution in [0, 0.1) is 17.1 Å². The van der Waals surface area contributed by atoms with Crippen molar-refractivity contribution >= 4 is 57.8 Å². The van der Waals surface area contributed by atoms with Gasteiger partial charge in [-0.2, -0.15) is 18.4 Å². The fourth-order valence-electron chi connectivity index (χ4n) is 4.46. The Labute approximate surface area is 246 Å². The highest BCUT2D eigenvalue weighted by Gasteiger charge is 2.52. The molecule has 212 valence electrons. The van der Waals surface area contributed by atoms with Gasteiger partial charge in [0.25, 0.3) is 11.8 Å². The third-order valence-corrected chi connectivity index (χ3v) is 7.72. The normalized spacial score (nSPS) is 14.7. The average Bonchev–Trinajstić information content (AvgIpc) is 3.10. The predicted molar refractivity (Wildman–Crippen MR) is 151 cm³/mol. The molecule has 8 nitrogen and oxygen atoms in total. The third kappa shape index (κ3) is 5.43. The molecule has 3 aromatic carbocycles. The molecule has 1 aliphatic rings. The second kappa shape index (κ2) is 11.0. The fourth-order valence-corrected chi connectivity index (χ4v) is 5.36. The second-order valence-corrected chi connectivity index (χ2v) is 10.5. The summed E-state index contributed by atoms with van der Waals surface area (Å²) in [6, 6.07) is 13.9. The number of amides is 4. The lowest BCUT2D eigenvalue weighted by Crippen LogP contribution is -2.43. The Morgan fingerprint density at radius 2 is 1.76 bits per heavy atom. The number of imide groups is 1. The van der Waals surface area contributed by atoms with Crippen LogP contribution in [0.2, 0.25) is 0 Å². The fraction of sp³-hybridized carbons (Fsp3) is 0.214. The molecule has 0 spiro atoms. The first kappa shape index (κ1) is 29.8. The first-order chi connectivity index (χ1) is 19.2. The molecule has 4 amide bonds. The van der Waals surface area contributed by atoms with Gasteiger partial charge in [-0.15, -0.1) is 0 Å². The van der Waals surface area contributed by atoms with E-state index in [-0.39, 0.29) is 17.8 Å². The molecule has 0 radical (unpaired) electrons. The molecule has 0 unspecified atom stereocenters. The highest BCUT2D eigenvalue weighted by molar-refractivity contribution is 14.1. The minimum Gasteiger partial charge on any atom is -0.355 e. The number of hydrogen-bond acceptors (Lipinski definition) is 5. The number of alkyl halides is 3. The van der Waals surface area contributed by atoms with E-state index in [0.717, 1.165) is 18.2 Å². The van der Waals surface area contributed by atoms with Crippen molar-refractivity contribution in [3.63, 3.8) is 0 Å². The van der Waals surface area contributed by atoms with Crippen LogP contribution in [0.4, 0.5) is 39.4 Å². The summed E-state index contributed by atoms with van der Waals surface area (Å²) in [6.07, 6.45) is -4.88. The summed E-state index contributed by atoms with van der Waals surface area (Å²) in [7, 11) is 1.41. The number of halogens is 5. The van der Waals surface area contributed by atoms with Crippen LogP contribution >= 0.6 is 22.9 Å². The van der Waals surface area contributed by atoms with E-state index in [1.807, 2.05) is 22.9 Å². The minimum atomic E-state index is -4.88. The van der Waals surface area contributed by atoms with Crippen molar-refractivity contribution < 1.29 is 31.9 Å². The predicted octanol–water partition coefficient (Wildman–Crippen LogP) is 6.31. The first-order valence-corrected chi connectivity index (χ1v) is 13.0. The molecule has 0 bridgehead atoms. The Bertz CT molecular complexity index is 1600. The molecular weight excluding hydrogens is 657 g/mol. The van der Waals surface area contributed by atoms with Crippen molar-refractivity contribution in [2.24, 2.45) is 0 Å². The van der Waals surface area contributed by atoms with Crippen LogP contribution in [0.3, 0.4) is 0 Å². The standard InChI is InChI=1S/C28H22F4IN5O3/c1-27(2)25(40)37(19-10-8-16(14-34)21(13-19)28(30,31)32)26(41)36(27)15-17-6-4-5-7-22(17)38(33)23-11-9-18(29)12-20(23)24(39)35-3/h4-13H,15H2,1-3H3,(H,35,39). The zero-order valence-corrected chi connectivity index (χ0v) is 24.0. The van der Waals surface area contributed by atoms with Gasteiger partial charge in [-0.05, 0) is 61.9 Å². The van der Waals surface area contributed by atoms with Gasteiger partial charge in [0.05, 0.1) is 69.2 Å². The number of nitrogens with zero attached hydrogens (tertiary/aromatic N) is 4. The Balaban J connectivity index is 1.73. The van der Waals surface area contributed by atoms with Gasteiger partial charge < -0.3 is 10.2 Å². The number of urea groups is 1. The monoisotopic (exact) mass is 679 g/mol. The lowest BCUT2D eigenvalue weighted by Gasteiger charge is -2.30. The number of nitriles is 1. The van der Waals surface area contributed by atoms with Crippen LogP contribution in [-0.4, -0.2) is 35.3 Å². The largest absolute Gasteiger partial charge is 0.417 e. The molecular formula is C28H22F4IN5O3. The molecule has 0 atom stereocenters. The van der Waals surface area contributed by atoms with Crippen molar-refractivity contribution in [2.45, 2.75) is 32.1 Å². The molecule has 1 N–H and O–H groups in total.